The highest BCUT2D eigenvalue weighted by Crippen LogP contribution is 2.27. The highest BCUT2D eigenvalue weighted by Gasteiger charge is 2.06. The standard InChI is InChI=1S/C14H15NO/c1-3-11-6-7-12(9-10(11)2)14-13(16)5-4-8-15-14/h4-9,16H,3H2,1-2H3. The fraction of sp³-hybridized carbons (Fsp3) is 0.214. The van der Waals surface area contributed by atoms with Gasteiger partial charge in [0.05, 0.1) is 0 Å². The average Bonchev–Trinajstić information content (AvgIpc) is 2.29. The Morgan fingerprint density at radius 1 is 1.25 bits per heavy atom. The van der Waals surface area contributed by atoms with E-state index in [0.29, 0.717) is 5.69 Å². The minimum atomic E-state index is 0.228. The van der Waals surface area contributed by atoms with Crippen molar-refractivity contribution in [2.75, 3.05) is 0 Å². The van der Waals surface area contributed by atoms with Crippen LogP contribution in [0.2, 0.25) is 0 Å². The topological polar surface area (TPSA) is 33.1 Å². The fourth-order valence-electron chi connectivity index (χ4n) is 1.86. The van der Waals surface area contributed by atoms with Crippen LogP contribution >= 0.6 is 0 Å². The van der Waals surface area contributed by atoms with E-state index in [1.165, 1.54) is 11.1 Å². The lowest BCUT2D eigenvalue weighted by Crippen LogP contribution is -1.89. The molecule has 1 aromatic carbocycles. The van der Waals surface area contributed by atoms with Crippen LogP contribution in [0.25, 0.3) is 11.3 Å². The van der Waals surface area contributed by atoms with Gasteiger partial charge in [-0.15, -0.1) is 0 Å². The maximum atomic E-state index is 9.72. The predicted octanol–water partition coefficient (Wildman–Crippen LogP) is 3.33. The van der Waals surface area contributed by atoms with Crippen LogP contribution < -0.4 is 0 Å². The lowest BCUT2D eigenvalue weighted by atomic mass is 10.0. The van der Waals surface area contributed by atoms with Crippen molar-refractivity contribution in [2.24, 2.45) is 0 Å². The lowest BCUT2D eigenvalue weighted by molar-refractivity contribution is 0.475. The van der Waals surface area contributed by atoms with Crippen molar-refractivity contribution in [1.82, 2.24) is 4.98 Å². The number of nitrogens with zero attached hydrogens (tertiary/aromatic N) is 1. The summed E-state index contributed by atoms with van der Waals surface area (Å²) in [6.45, 7) is 4.22. The van der Waals surface area contributed by atoms with Gasteiger partial charge in [0.2, 0.25) is 0 Å². The molecule has 1 aromatic heterocycles. The molecule has 0 spiro atoms. The molecule has 0 atom stereocenters. The maximum Gasteiger partial charge on any atom is 0.141 e. The largest absolute Gasteiger partial charge is 0.506 e. The van der Waals surface area contributed by atoms with Crippen molar-refractivity contribution in [3.63, 3.8) is 0 Å². The molecule has 0 bridgehead atoms. The molecule has 1 N–H and O–H groups in total. The Morgan fingerprint density at radius 2 is 2.06 bits per heavy atom. The zero-order valence-corrected chi connectivity index (χ0v) is 9.57. The monoisotopic (exact) mass is 213 g/mol. The summed E-state index contributed by atoms with van der Waals surface area (Å²) in [6.07, 6.45) is 2.72. The third-order valence-electron chi connectivity index (χ3n) is 2.78. The van der Waals surface area contributed by atoms with Crippen LogP contribution in [0.1, 0.15) is 18.1 Å². The zero-order valence-electron chi connectivity index (χ0n) is 9.57. The van der Waals surface area contributed by atoms with Gasteiger partial charge in [-0.1, -0.05) is 19.1 Å². The molecular formula is C14H15NO. The molecule has 0 saturated carbocycles. The second-order valence-electron chi connectivity index (χ2n) is 3.87. The molecular weight excluding hydrogens is 198 g/mol. The summed E-state index contributed by atoms with van der Waals surface area (Å²) in [4.78, 5) is 4.20. The van der Waals surface area contributed by atoms with E-state index in [2.05, 4.69) is 31.0 Å². The summed E-state index contributed by atoms with van der Waals surface area (Å²) in [7, 11) is 0. The van der Waals surface area contributed by atoms with Crippen molar-refractivity contribution in [1.29, 1.82) is 0 Å². The van der Waals surface area contributed by atoms with Gasteiger partial charge in [-0.05, 0) is 42.7 Å². The first kappa shape index (κ1) is 10.7. The van der Waals surface area contributed by atoms with Crippen molar-refractivity contribution in [3.8, 4) is 17.0 Å². The Morgan fingerprint density at radius 3 is 2.69 bits per heavy atom. The Labute approximate surface area is 95.6 Å². The first-order valence-corrected chi connectivity index (χ1v) is 5.46. The third-order valence-corrected chi connectivity index (χ3v) is 2.78. The molecule has 0 unspecified atom stereocenters. The minimum absolute atomic E-state index is 0.228. The number of hydrogen-bond donors (Lipinski definition) is 1. The average molecular weight is 213 g/mol. The van der Waals surface area contributed by atoms with Crippen LogP contribution in [-0.2, 0) is 6.42 Å². The van der Waals surface area contributed by atoms with Crippen molar-refractivity contribution < 1.29 is 5.11 Å². The Kier molecular flexibility index (Phi) is 2.91. The van der Waals surface area contributed by atoms with Crippen molar-refractivity contribution in [3.05, 3.63) is 47.7 Å². The Balaban J connectivity index is 2.50. The van der Waals surface area contributed by atoms with Gasteiger partial charge in [-0.3, -0.25) is 4.98 Å². The molecule has 82 valence electrons. The molecule has 2 aromatic rings. The van der Waals surface area contributed by atoms with E-state index < -0.39 is 0 Å². The van der Waals surface area contributed by atoms with E-state index in [9.17, 15) is 5.11 Å². The first-order valence-electron chi connectivity index (χ1n) is 5.46. The van der Waals surface area contributed by atoms with E-state index in [0.717, 1.165) is 12.0 Å². The van der Waals surface area contributed by atoms with E-state index >= 15 is 0 Å². The maximum absolute atomic E-state index is 9.72. The molecule has 2 heteroatoms. The van der Waals surface area contributed by atoms with Crippen LogP contribution in [0.3, 0.4) is 0 Å². The summed E-state index contributed by atoms with van der Waals surface area (Å²) in [5.74, 6) is 0.228. The molecule has 0 fully saturated rings. The van der Waals surface area contributed by atoms with E-state index in [1.54, 1.807) is 18.3 Å². The summed E-state index contributed by atoms with van der Waals surface area (Å²) < 4.78 is 0. The van der Waals surface area contributed by atoms with Crippen LogP contribution in [0.5, 0.6) is 5.75 Å². The first-order chi connectivity index (χ1) is 7.72. The molecule has 0 aliphatic carbocycles. The smallest absolute Gasteiger partial charge is 0.141 e. The van der Waals surface area contributed by atoms with E-state index in [-0.39, 0.29) is 5.75 Å². The van der Waals surface area contributed by atoms with Crippen LogP contribution in [0.15, 0.2) is 36.5 Å². The summed E-state index contributed by atoms with van der Waals surface area (Å²) in [5, 5.41) is 9.72. The van der Waals surface area contributed by atoms with Gasteiger partial charge < -0.3 is 5.11 Å². The van der Waals surface area contributed by atoms with Gasteiger partial charge in [0.1, 0.15) is 11.4 Å². The highest BCUT2D eigenvalue weighted by molar-refractivity contribution is 5.66. The normalized spacial score (nSPS) is 10.4. The molecule has 0 radical (unpaired) electrons. The van der Waals surface area contributed by atoms with Crippen LogP contribution in [-0.4, -0.2) is 10.1 Å². The van der Waals surface area contributed by atoms with Crippen molar-refractivity contribution >= 4 is 0 Å². The summed E-state index contributed by atoms with van der Waals surface area (Å²) in [6, 6.07) is 9.56. The zero-order chi connectivity index (χ0) is 11.5. The number of pyridine rings is 1. The quantitative estimate of drug-likeness (QED) is 0.830. The molecule has 0 amide bonds. The highest BCUT2D eigenvalue weighted by atomic mass is 16.3. The van der Waals surface area contributed by atoms with Gasteiger partial charge in [-0.25, -0.2) is 0 Å². The predicted molar refractivity (Wildman–Crippen MR) is 65.5 cm³/mol. The summed E-state index contributed by atoms with van der Waals surface area (Å²) >= 11 is 0. The molecule has 2 rings (SSSR count). The van der Waals surface area contributed by atoms with Crippen molar-refractivity contribution in [2.45, 2.75) is 20.3 Å². The SMILES string of the molecule is CCc1ccc(-c2ncccc2O)cc1C. The minimum Gasteiger partial charge on any atom is -0.506 e. The fourth-order valence-corrected chi connectivity index (χ4v) is 1.86. The number of rotatable bonds is 2. The van der Waals surface area contributed by atoms with Crippen LogP contribution in [0, 0.1) is 6.92 Å². The molecule has 16 heavy (non-hydrogen) atoms. The third kappa shape index (κ3) is 1.91. The Hall–Kier alpha value is -1.83. The number of benzene rings is 1. The second kappa shape index (κ2) is 4.35. The number of aryl methyl sites for hydroxylation is 2. The number of aromatic nitrogens is 1. The molecule has 0 saturated heterocycles. The van der Waals surface area contributed by atoms with Gasteiger partial charge in [0.15, 0.2) is 0 Å². The van der Waals surface area contributed by atoms with E-state index in [1.807, 2.05) is 6.07 Å². The summed E-state index contributed by atoms with van der Waals surface area (Å²) in [5.41, 5.74) is 4.19. The van der Waals surface area contributed by atoms with Crippen LogP contribution in [0.4, 0.5) is 0 Å². The van der Waals surface area contributed by atoms with Gasteiger partial charge in [-0.2, -0.15) is 0 Å². The second-order valence-corrected chi connectivity index (χ2v) is 3.87. The number of hydrogen-bond acceptors (Lipinski definition) is 2. The molecule has 1 heterocycles. The molecule has 0 aliphatic heterocycles. The van der Waals surface area contributed by atoms with Gasteiger partial charge in [0, 0.05) is 11.8 Å². The number of aromatic hydroxyl groups is 1. The molecule has 2 nitrogen and oxygen atoms in total. The lowest BCUT2D eigenvalue weighted by Gasteiger charge is -2.07. The van der Waals surface area contributed by atoms with Gasteiger partial charge in [0.25, 0.3) is 0 Å². The van der Waals surface area contributed by atoms with Gasteiger partial charge >= 0.3 is 0 Å². The molecule has 0 aliphatic rings. The Bertz CT molecular complexity index is 506. The van der Waals surface area contributed by atoms with E-state index in [4.69, 9.17) is 0 Å².